The van der Waals surface area contributed by atoms with E-state index in [-0.39, 0.29) is 10.8 Å². The van der Waals surface area contributed by atoms with Gasteiger partial charge in [-0.25, -0.2) is 0 Å². The van der Waals surface area contributed by atoms with Gasteiger partial charge in [-0.1, -0.05) is 370 Å². The zero-order valence-corrected chi connectivity index (χ0v) is 77.9. The predicted molar refractivity (Wildman–Crippen MR) is 583 cm³/mol. The van der Waals surface area contributed by atoms with Crippen LogP contribution in [0.15, 0.2) is 431 Å². The number of fused-ring (bicyclic) bond motifs is 17. The van der Waals surface area contributed by atoms with E-state index in [9.17, 15) is 0 Å². The minimum Gasteiger partial charge on any atom is -0.309 e. The quantitative estimate of drug-likeness (QED) is 0.120. The Hall–Kier alpha value is -15.1. The topological polar surface area (TPSA) is 4.93 Å². The van der Waals surface area contributed by atoms with Crippen molar-refractivity contribution in [1.82, 2.24) is 4.57 Å². The molecule has 0 atom stereocenters. The molecule has 1 nitrogen and oxygen atoms in total. The van der Waals surface area contributed by atoms with Gasteiger partial charge in [0, 0.05) is 47.5 Å². The van der Waals surface area contributed by atoms with Gasteiger partial charge in [0.25, 0.3) is 0 Å². The Morgan fingerprint density at radius 1 is 0.188 bits per heavy atom. The van der Waals surface area contributed by atoms with Gasteiger partial charge in [0.05, 0.1) is 11.0 Å². The van der Waals surface area contributed by atoms with Crippen LogP contribution >= 0.6 is 11.3 Å². The Morgan fingerprint density at radius 3 is 1.07 bits per heavy atom. The molecule has 654 valence electrons. The van der Waals surface area contributed by atoms with Gasteiger partial charge in [0.2, 0.25) is 0 Å². The fourth-order valence-corrected chi connectivity index (χ4v) is 31.4. The maximum atomic E-state index is 2.62. The number of hydrogen-bond donors (Lipinski definition) is 0. The summed E-state index contributed by atoms with van der Waals surface area (Å²) in [5, 5.41) is 17.9. The molecule has 21 aromatic carbocycles. The highest BCUT2D eigenvalue weighted by Gasteiger charge is 2.63. The normalized spacial score (nSPS) is 21.0. The summed E-state index contributed by atoms with van der Waals surface area (Å²) < 4.78 is 5.09. The summed E-state index contributed by atoms with van der Waals surface area (Å²) >= 11 is 1.89. The molecule has 2 spiro atoms. The third-order valence-corrected chi connectivity index (χ3v) is 36.5. The van der Waals surface area contributed by atoms with Crippen LogP contribution in [-0.4, -0.2) is 4.57 Å². The van der Waals surface area contributed by atoms with Crippen LogP contribution in [0.5, 0.6) is 0 Å². The summed E-state index contributed by atoms with van der Waals surface area (Å²) in [7, 11) is 0. The predicted octanol–water partition coefficient (Wildman–Crippen LogP) is 37.1. The number of benzene rings is 21. The second-order valence-electron chi connectivity index (χ2n) is 41.9. The SMILES string of the molecule is c1ccc(-c2cc(-c3c4ccccc4c(-c4ccc(-n5c6ccccc6c6ccccc65)cc4)c4ccccc34)ccc2-c2ccc3c(c2)-c2ccccc2C32C3CC4CC(C3)CC2C4)cc1.c1ccc2c(c1)-c1ccc(-c3ccc(-c4ccc5cc(-c6c7ccccc7c(-c7ccc(-c8cccc9c8sc8ccccc89)cc7)c7ccccc67)ccc5c4)cc3)cc1C21C2CC3CC(C2)CC1C3. The number of para-hydroxylation sites is 2. The van der Waals surface area contributed by atoms with Crippen molar-refractivity contribution in [3.05, 3.63) is 453 Å². The number of rotatable bonds is 10. The average Bonchev–Trinajstić information content (AvgIpc) is 1.51. The second-order valence-corrected chi connectivity index (χ2v) is 42.9. The zero-order valence-electron chi connectivity index (χ0n) is 77.0. The van der Waals surface area contributed by atoms with E-state index in [1.165, 1.54) is 288 Å². The van der Waals surface area contributed by atoms with Crippen LogP contribution in [0.25, 0.3) is 224 Å². The van der Waals surface area contributed by atoms with Gasteiger partial charge in [-0.2, -0.15) is 0 Å². The summed E-state index contributed by atoms with van der Waals surface area (Å²) in [4.78, 5) is 0. The molecule has 0 saturated heterocycles. The molecule has 0 N–H and O–H groups in total. The van der Waals surface area contributed by atoms with Gasteiger partial charge in [-0.05, 0) is 371 Å². The Balaban J connectivity index is 0.000000131. The lowest BCUT2D eigenvalue weighted by molar-refractivity contribution is -0.0399. The molecule has 138 heavy (non-hydrogen) atoms. The minimum atomic E-state index is 0.173. The lowest BCUT2D eigenvalue weighted by atomic mass is 9.43. The molecule has 0 unspecified atom stereocenters. The van der Waals surface area contributed by atoms with Gasteiger partial charge in [-0.3, -0.25) is 0 Å². The van der Waals surface area contributed by atoms with Crippen LogP contribution in [0.4, 0.5) is 0 Å². The van der Waals surface area contributed by atoms with E-state index in [2.05, 4.69) is 435 Å². The molecule has 10 aliphatic rings. The van der Waals surface area contributed by atoms with Gasteiger partial charge >= 0.3 is 0 Å². The molecule has 8 fully saturated rings. The maximum absolute atomic E-state index is 2.62. The van der Waals surface area contributed by atoms with Crippen LogP contribution in [0.2, 0.25) is 0 Å². The standard InChI is InChI=1S/C70H50S.C66H49N/c1-3-14-61-59(12-1)67(47-26-24-46(25-27-47)55-16-9-17-63-58-11-6-8-19-66(58)71-69(55)63)60-13-2-4-15-62(60)68(61)52-31-30-49-39-48(28-29-50(49)40-52)44-20-22-45(23-21-44)51-32-33-57-56-10-5-7-18-64(56)70(65(57)41-51)53-35-42-34-43(37-53)38-54(70)36-42;1-2-14-43(15-3-1)58-40-46(28-32-50(58)45-29-33-61-59(39-45)51-16-8-11-23-60(51)66(61)47-35-41-34-42(37-47)38-48(66)36-41)65-56-21-6-4-19-54(56)64(55-20-5-7-22-57(55)65)44-26-30-49(31-27-44)67-62-24-12-9-17-52(62)53-18-10-13-25-63(53)67/h1-33,39-43,53-54H,34-38H2;1-33,39-42,47-48H,34-38H2. The van der Waals surface area contributed by atoms with Gasteiger partial charge in [-0.15, -0.1) is 11.3 Å². The summed E-state index contributed by atoms with van der Waals surface area (Å²) in [6.07, 6.45) is 14.2. The van der Waals surface area contributed by atoms with E-state index in [4.69, 9.17) is 0 Å². The highest BCUT2D eigenvalue weighted by molar-refractivity contribution is 7.26. The highest BCUT2D eigenvalue weighted by Crippen LogP contribution is 2.72. The molecule has 33 rings (SSSR count). The number of thiophene rings is 1. The van der Waals surface area contributed by atoms with Crippen LogP contribution < -0.4 is 0 Å². The van der Waals surface area contributed by atoms with Crippen LogP contribution in [-0.2, 0) is 10.8 Å². The van der Waals surface area contributed by atoms with E-state index in [0.717, 1.165) is 47.3 Å². The van der Waals surface area contributed by atoms with Crippen molar-refractivity contribution in [3.8, 4) is 128 Å². The monoisotopic (exact) mass is 1780 g/mol. The zero-order chi connectivity index (χ0) is 90.2. The van der Waals surface area contributed by atoms with Crippen LogP contribution in [0.1, 0.15) is 86.5 Å². The first-order chi connectivity index (χ1) is 68.3. The van der Waals surface area contributed by atoms with Crippen LogP contribution in [0, 0.1) is 47.3 Å². The third-order valence-electron chi connectivity index (χ3n) is 35.2. The minimum absolute atomic E-state index is 0.173. The largest absolute Gasteiger partial charge is 0.309 e. The van der Waals surface area contributed by atoms with Gasteiger partial charge in [0.15, 0.2) is 0 Å². The van der Waals surface area contributed by atoms with Crippen LogP contribution in [0.3, 0.4) is 0 Å². The fraction of sp³-hybridized carbons (Fsp3) is 0.147. The van der Waals surface area contributed by atoms with Crippen molar-refractivity contribution in [2.75, 3.05) is 0 Å². The molecule has 0 radical (unpaired) electrons. The van der Waals surface area contributed by atoms with Gasteiger partial charge in [0.1, 0.15) is 0 Å². The Labute approximate surface area is 809 Å². The van der Waals surface area contributed by atoms with E-state index >= 15 is 0 Å². The molecule has 2 aromatic heterocycles. The molecular weight excluding hydrogens is 1680 g/mol. The summed E-state index contributed by atoms with van der Waals surface area (Å²) in [6.45, 7) is 0. The number of aromatic nitrogens is 1. The van der Waals surface area contributed by atoms with Crippen molar-refractivity contribution in [3.63, 3.8) is 0 Å². The number of hydrogen-bond acceptors (Lipinski definition) is 1. The second kappa shape index (κ2) is 30.7. The Bertz CT molecular complexity index is 8800. The van der Waals surface area contributed by atoms with E-state index < -0.39 is 0 Å². The molecule has 8 saturated carbocycles. The summed E-state index contributed by atoms with van der Waals surface area (Å²) in [6, 6.07) is 164. The van der Waals surface area contributed by atoms with Crippen molar-refractivity contribution < 1.29 is 0 Å². The summed E-state index contributed by atoms with van der Waals surface area (Å²) in [5.74, 6) is 6.84. The molecule has 0 aliphatic heterocycles. The Kier molecular flexibility index (Phi) is 17.6. The fourth-order valence-electron chi connectivity index (χ4n) is 30.2. The lowest BCUT2D eigenvalue weighted by Crippen LogP contribution is -2.55. The first-order valence-corrected chi connectivity index (χ1v) is 51.5. The average molecular weight is 1780 g/mol. The first kappa shape index (κ1) is 79.2. The number of nitrogens with zero attached hydrogens (tertiary/aromatic N) is 1. The Morgan fingerprint density at radius 2 is 0.529 bits per heavy atom. The smallest absolute Gasteiger partial charge is 0.0541 e. The van der Waals surface area contributed by atoms with Crippen molar-refractivity contribution >= 4 is 107 Å². The van der Waals surface area contributed by atoms with E-state index in [1.54, 1.807) is 22.3 Å². The molecular formula is C136H99NS. The van der Waals surface area contributed by atoms with Crippen molar-refractivity contribution in [2.45, 2.75) is 75.0 Å². The van der Waals surface area contributed by atoms with E-state index in [1.807, 2.05) is 11.3 Å². The maximum Gasteiger partial charge on any atom is 0.0541 e. The molecule has 10 aliphatic carbocycles. The highest BCUT2D eigenvalue weighted by atomic mass is 32.1. The molecule has 2 heteroatoms. The lowest BCUT2D eigenvalue weighted by Gasteiger charge is -2.61. The molecule has 0 amide bonds. The van der Waals surface area contributed by atoms with E-state index in [0.29, 0.717) is 0 Å². The molecule has 2 heterocycles. The van der Waals surface area contributed by atoms with Gasteiger partial charge < -0.3 is 4.57 Å². The molecule has 8 bridgehead atoms. The molecule has 23 aromatic rings. The van der Waals surface area contributed by atoms with Crippen molar-refractivity contribution in [2.24, 2.45) is 47.3 Å². The summed E-state index contributed by atoms with van der Waals surface area (Å²) in [5.41, 5.74) is 39.3. The third kappa shape index (κ3) is 11.7. The first-order valence-electron chi connectivity index (χ1n) is 50.7. The van der Waals surface area contributed by atoms with Crippen molar-refractivity contribution in [1.29, 1.82) is 0 Å².